The maximum absolute atomic E-state index is 14.2. The molecule has 0 saturated heterocycles. The quantitative estimate of drug-likeness (QED) is 0.517. The number of amides is 1. The Labute approximate surface area is 180 Å². The molecule has 3 aromatic rings. The summed E-state index contributed by atoms with van der Waals surface area (Å²) in [6, 6.07) is 12.7. The number of ether oxygens (including phenoxy) is 1. The molecular weight excluding hydrogens is 423 g/mol. The Morgan fingerprint density at radius 3 is 2.52 bits per heavy atom. The second-order valence-electron chi connectivity index (χ2n) is 6.86. The van der Waals surface area contributed by atoms with Crippen molar-refractivity contribution in [3.8, 4) is 17.2 Å². The fraction of sp³-hybridized carbons (Fsp3) is 0.273. The molecular formula is C22H23FN2O5S. The van der Waals surface area contributed by atoms with Gasteiger partial charge in [0.05, 0.1) is 30.7 Å². The van der Waals surface area contributed by atoms with Gasteiger partial charge in [-0.05, 0) is 37.6 Å². The molecule has 1 amide bonds. The van der Waals surface area contributed by atoms with Crippen molar-refractivity contribution in [2.45, 2.75) is 26.7 Å². The van der Waals surface area contributed by atoms with Crippen molar-refractivity contribution in [1.29, 1.82) is 0 Å². The van der Waals surface area contributed by atoms with Gasteiger partial charge in [-0.25, -0.2) is 22.1 Å². The fourth-order valence-electron chi connectivity index (χ4n) is 3.10. The van der Waals surface area contributed by atoms with Crippen LogP contribution in [0.3, 0.4) is 0 Å². The SMILES string of the molecule is CCCS(=O)(=O)N(C(=O)Cc1nc(-c2ccccc2)oc1C)c1ccc(OC)c(F)c1. The number of anilines is 1. The minimum Gasteiger partial charge on any atom is -0.494 e. The van der Waals surface area contributed by atoms with Crippen LogP contribution in [0.1, 0.15) is 24.8 Å². The molecule has 0 aliphatic heterocycles. The normalized spacial score (nSPS) is 11.4. The monoisotopic (exact) mass is 446 g/mol. The molecule has 0 unspecified atom stereocenters. The van der Waals surface area contributed by atoms with Crippen LogP contribution in [0.15, 0.2) is 52.9 Å². The standard InChI is InChI=1S/C22H23FN2O5S/c1-4-12-31(27,28)25(17-10-11-20(29-3)18(23)13-17)21(26)14-19-15(2)30-22(24-19)16-8-6-5-7-9-16/h5-11,13H,4,12,14H2,1-3H3. The van der Waals surface area contributed by atoms with E-state index in [0.29, 0.717) is 28.1 Å². The third-order valence-electron chi connectivity index (χ3n) is 4.57. The summed E-state index contributed by atoms with van der Waals surface area (Å²) in [4.78, 5) is 17.5. The lowest BCUT2D eigenvalue weighted by Gasteiger charge is -2.22. The first-order valence-corrected chi connectivity index (χ1v) is 11.3. The first-order chi connectivity index (χ1) is 14.8. The van der Waals surface area contributed by atoms with Gasteiger partial charge in [0.1, 0.15) is 5.76 Å². The highest BCUT2D eigenvalue weighted by atomic mass is 32.2. The Bertz CT molecular complexity index is 1180. The molecule has 0 aliphatic rings. The molecule has 1 heterocycles. The van der Waals surface area contributed by atoms with Crippen LogP contribution in [0.4, 0.5) is 10.1 Å². The highest BCUT2D eigenvalue weighted by Crippen LogP contribution is 2.28. The Balaban J connectivity index is 1.96. The molecule has 0 aliphatic carbocycles. The molecule has 0 N–H and O–H groups in total. The van der Waals surface area contributed by atoms with Gasteiger partial charge >= 0.3 is 0 Å². The number of halogens is 1. The molecule has 164 valence electrons. The first-order valence-electron chi connectivity index (χ1n) is 9.68. The average molecular weight is 447 g/mol. The van der Waals surface area contributed by atoms with Crippen LogP contribution in [0.5, 0.6) is 5.75 Å². The molecule has 3 rings (SSSR count). The number of oxazole rings is 1. The zero-order valence-electron chi connectivity index (χ0n) is 17.5. The lowest BCUT2D eigenvalue weighted by molar-refractivity contribution is -0.116. The highest BCUT2D eigenvalue weighted by Gasteiger charge is 2.30. The highest BCUT2D eigenvalue weighted by molar-refractivity contribution is 7.93. The number of hydrogen-bond acceptors (Lipinski definition) is 6. The Hall–Kier alpha value is -3.20. The third-order valence-corrected chi connectivity index (χ3v) is 6.46. The number of carbonyl (C=O) groups excluding carboxylic acids is 1. The molecule has 0 radical (unpaired) electrons. The Morgan fingerprint density at radius 1 is 1.19 bits per heavy atom. The Kier molecular flexibility index (Phi) is 6.74. The van der Waals surface area contributed by atoms with Crippen LogP contribution in [-0.4, -0.2) is 32.2 Å². The molecule has 31 heavy (non-hydrogen) atoms. The van der Waals surface area contributed by atoms with E-state index in [2.05, 4.69) is 4.98 Å². The van der Waals surface area contributed by atoms with Crippen molar-refractivity contribution in [1.82, 2.24) is 4.98 Å². The predicted octanol–water partition coefficient (Wildman–Crippen LogP) is 4.11. The van der Waals surface area contributed by atoms with Gasteiger partial charge in [-0.1, -0.05) is 25.1 Å². The topological polar surface area (TPSA) is 89.7 Å². The predicted molar refractivity (Wildman–Crippen MR) is 115 cm³/mol. The second kappa shape index (κ2) is 9.30. The number of carbonyl (C=O) groups is 1. The summed E-state index contributed by atoms with van der Waals surface area (Å²) >= 11 is 0. The zero-order valence-corrected chi connectivity index (χ0v) is 18.3. The van der Waals surface area contributed by atoms with E-state index in [9.17, 15) is 17.6 Å². The maximum atomic E-state index is 14.2. The van der Waals surface area contributed by atoms with Crippen molar-refractivity contribution in [3.63, 3.8) is 0 Å². The molecule has 7 nitrogen and oxygen atoms in total. The summed E-state index contributed by atoms with van der Waals surface area (Å²) in [6.07, 6.45) is -0.0232. The number of methoxy groups -OCH3 is 1. The van der Waals surface area contributed by atoms with Crippen molar-refractivity contribution in [3.05, 3.63) is 65.8 Å². The number of sulfonamides is 1. The van der Waals surface area contributed by atoms with Gasteiger partial charge in [0.15, 0.2) is 11.6 Å². The van der Waals surface area contributed by atoms with E-state index in [0.717, 1.165) is 11.6 Å². The van der Waals surface area contributed by atoms with Gasteiger partial charge in [0, 0.05) is 11.6 Å². The average Bonchev–Trinajstić information content (AvgIpc) is 3.09. The number of aryl methyl sites for hydroxylation is 1. The van der Waals surface area contributed by atoms with E-state index in [1.165, 1.54) is 19.2 Å². The van der Waals surface area contributed by atoms with E-state index in [1.807, 2.05) is 30.3 Å². The summed E-state index contributed by atoms with van der Waals surface area (Å²) in [5.74, 6) is -1.11. The molecule has 1 aromatic heterocycles. The number of benzene rings is 2. The first kappa shape index (κ1) is 22.5. The van der Waals surface area contributed by atoms with Gasteiger partial charge in [0.25, 0.3) is 0 Å². The van der Waals surface area contributed by atoms with Crippen molar-refractivity contribution < 1.29 is 26.8 Å². The van der Waals surface area contributed by atoms with Crippen LogP contribution in [-0.2, 0) is 21.2 Å². The Morgan fingerprint density at radius 2 is 1.90 bits per heavy atom. The largest absolute Gasteiger partial charge is 0.494 e. The lowest BCUT2D eigenvalue weighted by Crippen LogP contribution is -2.39. The van der Waals surface area contributed by atoms with Crippen LogP contribution in [0, 0.1) is 12.7 Å². The second-order valence-corrected chi connectivity index (χ2v) is 8.79. The summed E-state index contributed by atoms with van der Waals surface area (Å²) in [5, 5.41) is 0. The van der Waals surface area contributed by atoms with E-state index in [1.54, 1.807) is 13.8 Å². The molecule has 0 fully saturated rings. The molecule has 2 aromatic carbocycles. The molecule has 0 bridgehead atoms. The molecule has 0 atom stereocenters. The van der Waals surface area contributed by atoms with Gasteiger partial charge < -0.3 is 9.15 Å². The number of hydrogen-bond donors (Lipinski definition) is 0. The van der Waals surface area contributed by atoms with Crippen LogP contribution in [0.2, 0.25) is 0 Å². The van der Waals surface area contributed by atoms with Crippen LogP contribution < -0.4 is 9.04 Å². The van der Waals surface area contributed by atoms with Crippen molar-refractivity contribution in [2.24, 2.45) is 0 Å². The number of rotatable bonds is 8. The fourth-order valence-corrected chi connectivity index (χ4v) is 4.61. The number of aromatic nitrogens is 1. The van der Waals surface area contributed by atoms with Crippen molar-refractivity contribution >= 4 is 21.6 Å². The van der Waals surface area contributed by atoms with E-state index in [4.69, 9.17) is 9.15 Å². The van der Waals surface area contributed by atoms with E-state index in [-0.39, 0.29) is 23.6 Å². The minimum absolute atomic E-state index is 0.0520. The third kappa shape index (κ3) is 4.93. The summed E-state index contributed by atoms with van der Waals surface area (Å²) in [7, 11) is -2.72. The van der Waals surface area contributed by atoms with Crippen LogP contribution in [0.25, 0.3) is 11.5 Å². The summed E-state index contributed by atoms with van der Waals surface area (Å²) < 4.78 is 51.1. The molecule has 0 spiro atoms. The van der Waals surface area contributed by atoms with Gasteiger partial charge in [0.2, 0.25) is 21.8 Å². The lowest BCUT2D eigenvalue weighted by atomic mass is 10.2. The van der Waals surface area contributed by atoms with E-state index < -0.39 is 21.7 Å². The number of nitrogens with zero attached hydrogens (tertiary/aromatic N) is 2. The molecule has 0 saturated carbocycles. The maximum Gasteiger partial charge on any atom is 0.246 e. The summed E-state index contributed by atoms with van der Waals surface area (Å²) in [5.41, 5.74) is 0.952. The van der Waals surface area contributed by atoms with Crippen LogP contribution >= 0.6 is 0 Å². The van der Waals surface area contributed by atoms with Crippen molar-refractivity contribution in [2.75, 3.05) is 17.2 Å². The van der Waals surface area contributed by atoms with Gasteiger partial charge in [-0.15, -0.1) is 0 Å². The van der Waals surface area contributed by atoms with E-state index >= 15 is 0 Å². The van der Waals surface area contributed by atoms with Gasteiger partial charge in [-0.3, -0.25) is 4.79 Å². The minimum atomic E-state index is -4.02. The summed E-state index contributed by atoms with van der Waals surface area (Å²) in [6.45, 7) is 3.34. The smallest absolute Gasteiger partial charge is 0.246 e. The van der Waals surface area contributed by atoms with Gasteiger partial charge in [-0.2, -0.15) is 0 Å². The zero-order chi connectivity index (χ0) is 22.6. The molecule has 9 heteroatoms.